The molecule has 20 heteroatoms. The van der Waals surface area contributed by atoms with E-state index >= 15 is 0 Å². The van der Waals surface area contributed by atoms with Crippen LogP contribution in [0.25, 0.3) is 0 Å². The fourth-order valence-electron chi connectivity index (χ4n) is 1.01. The van der Waals surface area contributed by atoms with Crippen LogP contribution in [0.3, 0.4) is 0 Å². The molecule has 142 valence electrons. The largest absolute Gasteiger partial charge is 0.423 e. The molecule has 2 aliphatic rings. The quantitative estimate of drug-likeness (QED) is 0.0754. The molecule has 0 saturated heterocycles. The minimum Gasteiger partial charge on any atom is -0.367 e. The molecule has 2 aliphatic heterocycles. The van der Waals surface area contributed by atoms with Crippen molar-refractivity contribution in [2.24, 2.45) is 65.5 Å². The van der Waals surface area contributed by atoms with E-state index in [0.717, 1.165) is 0 Å². The van der Waals surface area contributed by atoms with Crippen LogP contribution in [0.1, 0.15) is 0 Å². The molecule has 0 aromatic carbocycles. The molecule has 0 spiro atoms. The standard InChI is InChI=1S/C4N6O4.2CH7N5/c11-9(12)3-1-2(6-7-3)4(8-5-1)10(13)14;2*2-1(5-3)6-4/h;2*3-4H2,(H3,2,5,6). The lowest BCUT2D eigenvalue weighted by atomic mass is 10.3. The molecule has 14 N–H and O–H groups in total. The first kappa shape index (κ1) is 21.5. The van der Waals surface area contributed by atoms with Gasteiger partial charge in [0, 0.05) is 0 Å². The number of nitrogens with zero attached hydrogens (tertiary/aromatic N) is 8. The Hall–Kier alpha value is -4.46. The number of rotatable bonds is 2. The van der Waals surface area contributed by atoms with Crippen LogP contribution in [0.4, 0.5) is 0 Å². The summed E-state index contributed by atoms with van der Waals surface area (Å²) in [4.78, 5) is 19.0. The first-order valence-electron chi connectivity index (χ1n) is 5.84. The molecule has 2 heterocycles. The zero-order valence-corrected chi connectivity index (χ0v) is 12.7. The second-order valence-electron chi connectivity index (χ2n) is 3.58. The van der Waals surface area contributed by atoms with Gasteiger partial charge in [-0.05, 0) is 20.1 Å². The van der Waals surface area contributed by atoms with Gasteiger partial charge in [-0.2, -0.15) is 0 Å². The fraction of sp³-hybridized carbons (Fsp3) is 0. The lowest BCUT2D eigenvalue weighted by Crippen LogP contribution is -2.37. The topological polar surface area (TPSA) is 341 Å². The van der Waals surface area contributed by atoms with Gasteiger partial charge in [0.25, 0.3) is 0 Å². The van der Waals surface area contributed by atoms with Crippen LogP contribution in [-0.2, 0) is 0 Å². The second-order valence-corrected chi connectivity index (χ2v) is 3.58. The van der Waals surface area contributed by atoms with E-state index in [1.807, 2.05) is 10.9 Å². The molecule has 0 aromatic rings. The number of hydrogen-bond acceptors (Lipinski definition) is 14. The molecule has 0 aliphatic carbocycles. The highest BCUT2D eigenvalue weighted by Crippen LogP contribution is 2.34. The molecule has 0 amide bonds. The lowest BCUT2D eigenvalue weighted by molar-refractivity contribution is -0.427. The van der Waals surface area contributed by atoms with E-state index in [1.54, 1.807) is 0 Å². The Morgan fingerprint density at radius 1 is 0.808 bits per heavy atom. The highest BCUT2D eigenvalue weighted by atomic mass is 16.6. The van der Waals surface area contributed by atoms with Gasteiger partial charge in [-0.15, -0.1) is 10.2 Å². The third kappa shape index (κ3) is 5.97. The van der Waals surface area contributed by atoms with Crippen molar-refractivity contribution in [2.45, 2.75) is 0 Å². The number of nitro groups is 2. The summed E-state index contributed by atoms with van der Waals surface area (Å²) in [5, 5.41) is 39.4. The molecule has 0 saturated carbocycles. The lowest BCUT2D eigenvalue weighted by Gasteiger charge is -1.89. The number of hydrazine groups is 2. The molecule has 0 radical (unpaired) electrons. The summed E-state index contributed by atoms with van der Waals surface area (Å²) in [5.74, 6) is 17.4. The monoisotopic (exact) mass is 374 g/mol. The van der Waals surface area contributed by atoms with Crippen LogP contribution < -0.4 is 45.7 Å². The zero-order valence-electron chi connectivity index (χ0n) is 12.7. The Morgan fingerprint density at radius 3 is 1.27 bits per heavy atom. The van der Waals surface area contributed by atoms with E-state index in [9.17, 15) is 20.2 Å². The number of hydrazone groups is 2. The molecule has 26 heavy (non-hydrogen) atoms. The van der Waals surface area contributed by atoms with Crippen LogP contribution >= 0.6 is 0 Å². The molecule has 0 unspecified atom stereocenters. The molecule has 0 bridgehead atoms. The highest BCUT2D eigenvalue weighted by molar-refractivity contribution is 5.76. The van der Waals surface area contributed by atoms with Crippen molar-refractivity contribution in [1.82, 2.24) is 10.9 Å². The normalized spacial score (nSPS) is 14.8. The zero-order chi connectivity index (χ0) is 20.3. The molecule has 20 nitrogen and oxygen atoms in total. The van der Waals surface area contributed by atoms with E-state index in [4.69, 9.17) is 23.2 Å². The number of guanidine groups is 2. The Balaban J connectivity index is 0.000000437. The minimum absolute atomic E-state index is 0.0231. The number of hydrogen-bond donors (Lipinski definition) is 8. The molecule has 0 fully saturated rings. The van der Waals surface area contributed by atoms with Crippen molar-refractivity contribution in [3.8, 4) is 0 Å². The fourth-order valence-corrected chi connectivity index (χ4v) is 1.01. The average Bonchev–Trinajstić information content (AvgIpc) is 3.22. The van der Waals surface area contributed by atoms with Gasteiger partial charge >= 0.3 is 11.6 Å². The Morgan fingerprint density at radius 2 is 1.12 bits per heavy atom. The van der Waals surface area contributed by atoms with Gasteiger partial charge in [-0.3, -0.25) is 10.9 Å². The maximum Gasteiger partial charge on any atom is 0.423 e. The van der Waals surface area contributed by atoms with E-state index in [0.29, 0.717) is 0 Å². The summed E-state index contributed by atoms with van der Waals surface area (Å²) in [7, 11) is 0. The average molecular weight is 374 g/mol. The van der Waals surface area contributed by atoms with E-state index in [-0.39, 0.29) is 23.3 Å². The summed E-state index contributed by atoms with van der Waals surface area (Å²) >= 11 is 0. The number of nitrogens with one attached hydrogen (secondary N) is 2. The highest BCUT2D eigenvalue weighted by Gasteiger charge is 2.42. The Bertz CT molecular complexity index is 667. The first-order valence-corrected chi connectivity index (χ1v) is 5.84. The maximum atomic E-state index is 10.3. The van der Waals surface area contributed by atoms with Crippen molar-refractivity contribution < 1.29 is 9.85 Å². The number of fused-ring (bicyclic) bond motifs is 1. The van der Waals surface area contributed by atoms with Crippen LogP contribution in [0.2, 0.25) is 0 Å². The third-order valence-corrected chi connectivity index (χ3v) is 2.06. The van der Waals surface area contributed by atoms with Gasteiger partial charge in [0.2, 0.25) is 23.3 Å². The van der Waals surface area contributed by atoms with Gasteiger partial charge in [-0.25, -0.2) is 11.7 Å². The van der Waals surface area contributed by atoms with Gasteiger partial charge in [0.15, 0.2) is 0 Å². The predicted molar refractivity (Wildman–Crippen MR) is 84.0 cm³/mol. The van der Waals surface area contributed by atoms with E-state index in [2.05, 4.69) is 42.3 Å². The van der Waals surface area contributed by atoms with Crippen molar-refractivity contribution in [2.75, 3.05) is 0 Å². The molecule has 0 aromatic heterocycles. The maximum absolute atomic E-state index is 10.3. The Kier molecular flexibility index (Phi) is 8.57. The number of azo groups is 2. The van der Waals surface area contributed by atoms with Gasteiger partial charge in [0.1, 0.15) is 0 Å². The third-order valence-electron chi connectivity index (χ3n) is 2.06. The molecular formula is C6H14N16O4. The van der Waals surface area contributed by atoms with Crippen LogP contribution in [-0.4, -0.2) is 21.8 Å². The number of nitrogens with two attached hydrogens (primary N) is 6. The smallest absolute Gasteiger partial charge is 0.367 e. The Labute approximate surface area is 142 Å². The predicted octanol–water partition coefficient (Wildman–Crippen LogP) is -3.91. The van der Waals surface area contributed by atoms with Crippen molar-refractivity contribution in [3.05, 3.63) is 43.3 Å². The minimum atomic E-state index is -0.826. The summed E-state index contributed by atoms with van der Waals surface area (Å²) in [6.45, 7) is 0. The molecule has 2 rings (SSSR count). The summed E-state index contributed by atoms with van der Waals surface area (Å²) in [6.07, 6.45) is 0. The first-order chi connectivity index (χ1) is 12.2. The van der Waals surface area contributed by atoms with Crippen LogP contribution in [0.15, 0.2) is 53.7 Å². The van der Waals surface area contributed by atoms with Crippen molar-refractivity contribution >= 4 is 11.9 Å². The van der Waals surface area contributed by atoms with Gasteiger partial charge in [0.05, 0.1) is 10.2 Å². The van der Waals surface area contributed by atoms with Crippen molar-refractivity contribution in [1.29, 1.82) is 0 Å². The molecular weight excluding hydrogens is 360 g/mol. The van der Waals surface area contributed by atoms with Gasteiger partial charge in [-0.1, -0.05) is 0 Å². The summed E-state index contributed by atoms with van der Waals surface area (Å²) in [5.41, 5.74) is 13.2. The summed E-state index contributed by atoms with van der Waals surface area (Å²) in [6, 6.07) is 0. The SMILES string of the molecule is NN=C(N)NN.NN=C(N)NN.O=[N+]([O-])C1=C2N=NC([N+](=O)[O-])=C2N=N1. The van der Waals surface area contributed by atoms with Gasteiger partial charge < -0.3 is 43.4 Å². The second kappa shape index (κ2) is 10.3. The summed E-state index contributed by atoms with van der Waals surface area (Å²) < 4.78 is 0. The van der Waals surface area contributed by atoms with E-state index in [1.165, 1.54) is 0 Å². The molecule has 0 atom stereocenters. The van der Waals surface area contributed by atoms with Crippen molar-refractivity contribution in [3.63, 3.8) is 0 Å². The van der Waals surface area contributed by atoms with E-state index < -0.39 is 21.5 Å². The van der Waals surface area contributed by atoms with Crippen LogP contribution in [0, 0.1) is 20.2 Å². The van der Waals surface area contributed by atoms with Crippen LogP contribution in [0.5, 0.6) is 0 Å².